The molecule has 0 aliphatic heterocycles. The van der Waals surface area contributed by atoms with Gasteiger partial charge in [0, 0.05) is 22.5 Å². The van der Waals surface area contributed by atoms with Crippen molar-refractivity contribution < 1.29 is 0 Å². The first-order valence-electron chi connectivity index (χ1n) is 4.34. The molecular weight excluding hydrogens is 162 g/mol. The maximum atomic E-state index is 6.00. The van der Waals surface area contributed by atoms with E-state index in [9.17, 15) is 0 Å². The van der Waals surface area contributed by atoms with Crippen LogP contribution in [-0.2, 0) is 0 Å². The molecule has 0 heterocycles. The van der Waals surface area contributed by atoms with Gasteiger partial charge >= 0.3 is 0 Å². The molecule has 0 saturated heterocycles. The van der Waals surface area contributed by atoms with E-state index in [0.29, 0.717) is 6.04 Å². The second-order valence-electron chi connectivity index (χ2n) is 2.82. The molecule has 0 saturated carbocycles. The van der Waals surface area contributed by atoms with Gasteiger partial charge in [0.05, 0.1) is 0 Å². The van der Waals surface area contributed by atoms with Gasteiger partial charge in [-0.05, 0) is 25.5 Å². The van der Waals surface area contributed by atoms with E-state index in [0.717, 1.165) is 6.42 Å². The van der Waals surface area contributed by atoms with Gasteiger partial charge in [0.1, 0.15) is 0 Å². The number of rotatable bonds is 3. The summed E-state index contributed by atoms with van der Waals surface area (Å²) in [7, 11) is 0. The maximum absolute atomic E-state index is 6.00. The second-order valence-corrected chi connectivity index (χ2v) is 2.82. The summed E-state index contributed by atoms with van der Waals surface area (Å²) >= 11 is 0. The minimum Gasteiger partial charge on any atom is -0.383 e. The smallest absolute Gasteiger partial charge is 0.0342 e. The van der Waals surface area contributed by atoms with E-state index in [1.54, 1.807) is 0 Å². The largest absolute Gasteiger partial charge is 0.383 e. The predicted octanol–water partition coefficient (Wildman–Crippen LogP) is 2.93. The number of benzene rings is 1. The molecule has 0 aromatic heterocycles. The van der Waals surface area contributed by atoms with Crippen molar-refractivity contribution in [2.24, 2.45) is 0 Å². The molecule has 0 radical (unpaired) electrons. The average Bonchev–Trinajstić information content (AvgIpc) is 2.22. The summed E-state index contributed by atoms with van der Waals surface area (Å²) in [4.78, 5) is 0. The summed E-state index contributed by atoms with van der Waals surface area (Å²) in [6.07, 6.45) is 1.16. The van der Waals surface area contributed by atoms with Crippen LogP contribution in [0.1, 0.15) is 20.3 Å². The highest BCUT2D eigenvalue weighted by atomic mass is 14.9. The highest BCUT2D eigenvalue weighted by Gasteiger charge is 1.95. The van der Waals surface area contributed by atoms with Gasteiger partial charge in [0.15, 0.2) is 0 Å². The van der Waals surface area contributed by atoms with Crippen molar-refractivity contribution in [2.45, 2.75) is 26.3 Å². The third kappa shape index (κ3) is 4.81. The van der Waals surface area contributed by atoms with Crippen molar-refractivity contribution in [1.82, 2.24) is 0 Å². The van der Waals surface area contributed by atoms with Crippen LogP contribution in [-0.4, -0.2) is 6.04 Å². The predicted molar refractivity (Wildman–Crippen MR) is 53.3 cm³/mol. The Balaban J connectivity index is 0.000000671. The minimum absolute atomic E-state index is 0.567. The normalized spacial score (nSPS) is 10.8. The van der Waals surface area contributed by atoms with Gasteiger partial charge < -0.3 is 5.32 Å². The number of hydrogen-bond acceptors (Lipinski definition) is 3. The van der Waals surface area contributed by atoms with Crippen LogP contribution in [0.15, 0.2) is 30.3 Å². The fraction of sp³-hybridized carbons (Fsp3) is 0.400. The van der Waals surface area contributed by atoms with Crippen LogP contribution in [0.3, 0.4) is 0 Å². The Morgan fingerprint density at radius 3 is 2.23 bits per heavy atom. The highest BCUT2D eigenvalue weighted by Crippen LogP contribution is 2.07. The van der Waals surface area contributed by atoms with Crippen molar-refractivity contribution in [3.8, 4) is 0 Å². The van der Waals surface area contributed by atoms with Crippen LogP contribution in [0.5, 0.6) is 0 Å². The number of nitrogens with one attached hydrogen (secondary N) is 1. The molecule has 1 aromatic carbocycles. The first-order valence-corrected chi connectivity index (χ1v) is 4.34. The van der Waals surface area contributed by atoms with Crippen LogP contribution in [0.4, 0.5) is 5.69 Å². The van der Waals surface area contributed by atoms with E-state index < -0.39 is 0 Å². The van der Waals surface area contributed by atoms with Gasteiger partial charge in [-0.1, -0.05) is 25.1 Å². The molecule has 1 rings (SSSR count). The van der Waals surface area contributed by atoms with Gasteiger partial charge in [-0.3, -0.25) is 0 Å². The summed E-state index contributed by atoms with van der Waals surface area (Å²) in [5.74, 6) is 0. The Bertz CT molecular complexity index is 230. The lowest BCUT2D eigenvalue weighted by atomic mass is 10.2. The first kappa shape index (κ1) is 11.4. The molecular formula is C10H15N3. The van der Waals surface area contributed by atoms with Crippen molar-refractivity contribution in [3.05, 3.63) is 30.3 Å². The van der Waals surface area contributed by atoms with E-state index in [2.05, 4.69) is 31.3 Å². The third-order valence-corrected chi connectivity index (χ3v) is 1.80. The Morgan fingerprint density at radius 1 is 1.23 bits per heavy atom. The fourth-order valence-electron chi connectivity index (χ4n) is 0.921. The molecule has 1 unspecified atom stereocenters. The average molecular weight is 177 g/mol. The third-order valence-electron chi connectivity index (χ3n) is 1.80. The van der Waals surface area contributed by atoms with E-state index in [1.807, 2.05) is 18.2 Å². The molecule has 0 spiro atoms. The van der Waals surface area contributed by atoms with Crippen molar-refractivity contribution in [2.75, 3.05) is 5.32 Å². The molecule has 3 nitrogen and oxygen atoms in total. The number of para-hydroxylation sites is 1. The zero-order chi connectivity index (χ0) is 10.1. The quantitative estimate of drug-likeness (QED) is 0.722. The topological polar surface area (TPSA) is 59.6 Å². The Labute approximate surface area is 79.2 Å². The van der Waals surface area contributed by atoms with Crippen molar-refractivity contribution in [1.29, 1.82) is 10.8 Å². The van der Waals surface area contributed by atoms with Gasteiger partial charge in [-0.15, -0.1) is 0 Å². The molecule has 13 heavy (non-hydrogen) atoms. The highest BCUT2D eigenvalue weighted by molar-refractivity contribution is 5.43. The zero-order valence-corrected chi connectivity index (χ0v) is 8.07. The summed E-state index contributed by atoms with van der Waals surface area (Å²) in [6, 6.07) is 10.9. The maximum Gasteiger partial charge on any atom is 0.0342 e. The number of nitrogens with zero attached hydrogens (tertiary/aromatic N) is 2. The zero-order valence-electron chi connectivity index (χ0n) is 8.07. The minimum atomic E-state index is 0.567. The van der Waals surface area contributed by atoms with Crippen LogP contribution < -0.4 is 5.32 Å². The van der Waals surface area contributed by atoms with E-state index in [4.69, 9.17) is 10.8 Å². The number of hydrogen-bond donors (Lipinski definition) is 1. The van der Waals surface area contributed by atoms with Crippen LogP contribution in [0, 0.1) is 10.8 Å². The second kappa shape index (κ2) is 7.11. The lowest BCUT2D eigenvalue weighted by Crippen LogP contribution is -2.12. The van der Waals surface area contributed by atoms with E-state index >= 15 is 0 Å². The molecule has 0 amide bonds. The Kier molecular flexibility index (Phi) is 6.26. The summed E-state index contributed by atoms with van der Waals surface area (Å²) in [5, 5.41) is 15.4. The SMILES string of the molecule is CCC(C)Nc1ccccc1.N#N. The van der Waals surface area contributed by atoms with Gasteiger partial charge in [-0.2, -0.15) is 0 Å². The van der Waals surface area contributed by atoms with Gasteiger partial charge in [-0.25, -0.2) is 0 Å². The number of anilines is 1. The fourth-order valence-corrected chi connectivity index (χ4v) is 0.921. The van der Waals surface area contributed by atoms with Crippen LogP contribution >= 0.6 is 0 Å². The van der Waals surface area contributed by atoms with Gasteiger partial charge in [0.25, 0.3) is 0 Å². The summed E-state index contributed by atoms with van der Waals surface area (Å²) in [6.45, 7) is 4.37. The van der Waals surface area contributed by atoms with Crippen LogP contribution in [0.25, 0.3) is 0 Å². The lowest BCUT2D eigenvalue weighted by molar-refractivity contribution is 0.764. The van der Waals surface area contributed by atoms with E-state index in [-0.39, 0.29) is 0 Å². The summed E-state index contributed by atoms with van der Waals surface area (Å²) < 4.78 is 0. The first-order chi connectivity index (χ1) is 6.33. The molecule has 1 N–H and O–H groups in total. The Hall–Kier alpha value is -1.56. The standard InChI is InChI=1S/C10H15N.N2/c1-3-9(2)11-10-7-5-4-6-8-10;1-2/h4-9,11H,3H2,1-2H3;. The molecule has 0 bridgehead atoms. The van der Waals surface area contributed by atoms with Crippen molar-refractivity contribution >= 4 is 5.69 Å². The molecule has 1 atom stereocenters. The molecule has 70 valence electrons. The Morgan fingerprint density at radius 2 is 1.77 bits per heavy atom. The van der Waals surface area contributed by atoms with Crippen molar-refractivity contribution in [3.63, 3.8) is 0 Å². The summed E-state index contributed by atoms with van der Waals surface area (Å²) in [5.41, 5.74) is 1.21. The van der Waals surface area contributed by atoms with Gasteiger partial charge in [0.2, 0.25) is 0 Å². The van der Waals surface area contributed by atoms with E-state index in [1.165, 1.54) is 5.69 Å². The monoisotopic (exact) mass is 177 g/mol. The molecule has 0 fully saturated rings. The molecule has 1 aromatic rings. The molecule has 0 aliphatic rings. The lowest BCUT2D eigenvalue weighted by Gasteiger charge is -2.11. The van der Waals surface area contributed by atoms with Crippen LogP contribution in [0.2, 0.25) is 0 Å². The molecule has 3 heteroatoms. The molecule has 0 aliphatic carbocycles.